The van der Waals surface area contributed by atoms with Crippen molar-refractivity contribution >= 4 is 22.7 Å². The van der Waals surface area contributed by atoms with E-state index in [2.05, 4.69) is 36.0 Å². The maximum atomic E-state index is 14.0. The molecule has 5 atom stereocenters. The van der Waals surface area contributed by atoms with Crippen LogP contribution in [0.1, 0.15) is 115 Å². The second-order valence-electron chi connectivity index (χ2n) is 14.6. The van der Waals surface area contributed by atoms with Crippen molar-refractivity contribution < 1.29 is 22.8 Å². The third-order valence-electron chi connectivity index (χ3n) is 10.3. The number of piperidine rings is 1. The molecule has 1 saturated heterocycles. The molecule has 2 aromatic rings. The molecule has 2 amide bonds. The summed E-state index contributed by atoms with van der Waals surface area (Å²) in [6.45, 7) is 6.03. The fourth-order valence-corrected chi connectivity index (χ4v) is 9.61. The number of alkyl halides is 3. The normalized spacial score (nSPS) is 31.2. The second-order valence-corrected chi connectivity index (χ2v) is 14.6. The number of rotatable bonds is 8. The average Bonchev–Trinajstić information content (AvgIpc) is 2.90. The fraction of sp³-hybridized carbons (Fsp3) is 0.647. The van der Waals surface area contributed by atoms with Crippen molar-refractivity contribution in [3.63, 3.8) is 0 Å². The van der Waals surface area contributed by atoms with Crippen LogP contribution in [-0.4, -0.2) is 33.4 Å². The highest BCUT2D eigenvalue weighted by Gasteiger charge is 2.59. The number of unbranched alkanes of at least 4 members (excludes halogenated alkanes) is 4. The molecule has 1 aliphatic heterocycles. The fourth-order valence-electron chi connectivity index (χ4n) is 9.61. The number of aromatic nitrogens is 2. The smallest absolute Gasteiger partial charge is 0.311 e. The van der Waals surface area contributed by atoms with Crippen LogP contribution < -0.4 is 16.2 Å². The van der Waals surface area contributed by atoms with Gasteiger partial charge in [0.05, 0.1) is 10.9 Å². The van der Waals surface area contributed by atoms with Gasteiger partial charge in [-0.2, -0.15) is 13.2 Å². The van der Waals surface area contributed by atoms with Crippen molar-refractivity contribution in [2.24, 2.45) is 16.7 Å². The summed E-state index contributed by atoms with van der Waals surface area (Å²) >= 11 is 0. The molecule has 1 aromatic carbocycles. The molecule has 4 bridgehead atoms. The summed E-state index contributed by atoms with van der Waals surface area (Å²) in [7, 11) is 0. The van der Waals surface area contributed by atoms with E-state index >= 15 is 0 Å². The molecule has 5 fully saturated rings. The molecule has 5 aliphatic rings. The number of nitrogens with one attached hydrogen (secondary N) is 2. The van der Waals surface area contributed by atoms with Gasteiger partial charge in [0.25, 0.3) is 5.56 Å². The van der Waals surface area contributed by atoms with Crippen LogP contribution in [0.15, 0.2) is 23.0 Å². The van der Waals surface area contributed by atoms with Crippen molar-refractivity contribution in [2.75, 3.05) is 6.54 Å². The highest BCUT2D eigenvalue weighted by molar-refractivity contribution is 5.99. The first kappa shape index (κ1) is 30.8. The van der Waals surface area contributed by atoms with Gasteiger partial charge in [-0.15, -0.1) is 0 Å². The summed E-state index contributed by atoms with van der Waals surface area (Å²) in [4.78, 5) is 41.3. The Labute approximate surface area is 255 Å². The predicted molar refractivity (Wildman–Crippen MR) is 161 cm³/mol. The molecule has 2 unspecified atom stereocenters. The first-order valence-corrected chi connectivity index (χ1v) is 16.0. The van der Waals surface area contributed by atoms with Crippen LogP contribution in [-0.2, 0) is 15.8 Å². The number of halogens is 3. The molecule has 2 N–H and O–H groups in total. The highest BCUT2D eigenvalue weighted by Crippen LogP contribution is 2.66. The lowest BCUT2D eigenvalue weighted by Gasteiger charge is -2.65. The summed E-state index contributed by atoms with van der Waals surface area (Å²) in [5.74, 6) is 3.92. The lowest BCUT2D eigenvalue weighted by Crippen LogP contribution is -2.64. The van der Waals surface area contributed by atoms with Gasteiger partial charge in [0.2, 0.25) is 17.6 Å². The number of hydrogen-bond acceptors (Lipinski definition) is 5. The van der Waals surface area contributed by atoms with Gasteiger partial charge in [0.15, 0.2) is 0 Å². The number of amides is 2. The first-order chi connectivity index (χ1) is 20.8. The first-order valence-electron chi connectivity index (χ1n) is 16.0. The van der Waals surface area contributed by atoms with Gasteiger partial charge in [-0.3, -0.25) is 24.3 Å². The van der Waals surface area contributed by atoms with E-state index < -0.39 is 35.4 Å². The molecule has 236 valence electrons. The van der Waals surface area contributed by atoms with E-state index in [1.54, 1.807) is 6.07 Å². The number of imide groups is 1. The monoisotopic (exact) mass is 610 g/mol. The Bertz CT molecular complexity index is 1580. The van der Waals surface area contributed by atoms with Crippen LogP contribution in [0.25, 0.3) is 10.9 Å². The van der Waals surface area contributed by atoms with Gasteiger partial charge >= 0.3 is 6.18 Å². The number of nitrogens with zero attached hydrogens (tertiary/aromatic N) is 2. The third kappa shape index (κ3) is 6.04. The van der Waals surface area contributed by atoms with Crippen molar-refractivity contribution in [3.8, 4) is 11.8 Å². The summed E-state index contributed by atoms with van der Waals surface area (Å²) in [6, 6.07) is 2.95. The Morgan fingerprint density at radius 1 is 1.02 bits per heavy atom. The van der Waals surface area contributed by atoms with E-state index in [9.17, 15) is 27.6 Å². The number of hydrogen-bond donors (Lipinski definition) is 2. The zero-order chi connectivity index (χ0) is 31.3. The van der Waals surface area contributed by atoms with Gasteiger partial charge in [-0.25, -0.2) is 4.98 Å². The van der Waals surface area contributed by atoms with Crippen molar-refractivity contribution in [1.29, 1.82) is 0 Å². The summed E-state index contributed by atoms with van der Waals surface area (Å²) < 4.78 is 42.3. The molecular formula is C34H41F3N4O3. The molecule has 0 radical (unpaired) electrons. The standard InChI is InChI=1S/C34H41F3N4O3/c1-31-16-22-17-32(2,19-31)21-33(18-22,20-31)38-15-8-6-4-3-5-7-10-23-11-9-12-24-27(23)29(44)41(30(39-24)34(35,36)37)25-13-14-26(42)40-28(25)43/h9,11-12,22,25,38H,3-6,8,13-21H2,1-2H3,(H,40,42,43)/t22?,25-,31-,32+,33?/m0/s1. The lowest BCUT2D eigenvalue weighted by atomic mass is 9.43. The van der Waals surface area contributed by atoms with Gasteiger partial charge < -0.3 is 5.32 Å². The zero-order valence-electron chi connectivity index (χ0n) is 25.5. The lowest BCUT2D eigenvalue weighted by molar-refractivity contribution is -0.150. The number of benzene rings is 1. The minimum atomic E-state index is -4.97. The Morgan fingerprint density at radius 2 is 1.75 bits per heavy atom. The van der Waals surface area contributed by atoms with Crippen LogP contribution in [0.2, 0.25) is 0 Å². The Hall–Kier alpha value is -3.19. The maximum absolute atomic E-state index is 14.0. The molecule has 44 heavy (non-hydrogen) atoms. The van der Waals surface area contributed by atoms with Gasteiger partial charge in [-0.05, 0) is 93.2 Å². The largest absolute Gasteiger partial charge is 0.449 e. The summed E-state index contributed by atoms with van der Waals surface area (Å²) in [5, 5.41) is 5.96. The maximum Gasteiger partial charge on any atom is 0.449 e. The van der Waals surface area contributed by atoms with E-state index in [0.29, 0.717) is 27.4 Å². The Kier molecular flexibility index (Phi) is 7.92. The van der Waals surface area contributed by atoms with E-state index in [1.165, 1.54) is 50.7 Å². The predicted octanol–water partition coefficient (Wildman–Crippen LogP) is 6.03. The molecule has 7 nitrogen and oxygen atoms in total. The number of carbonyl (C=O) groups is 2. The Balaban J connectivity index is 1.07. The number of fused-ring (bicyclic) bond motifs is 1. The SMILES string of the molecule is C[C@]12CC3CC(NCCCCCCC#Cc4cccc5nc(C(F)(F)F)n([C@H]6CCC(=O)NC6=O)c(=O)c45)(C1)C[C@@](C)(C3)C2. The second kappa shape index (κ2) is 11.3. The number of carbonyl (C=O) groups excluding carboxylic acids is 2. The van der Waals surface area contributed by atoms with E-state index in [1.807, 2.05) is 5.32 Å². The van der Waals surface area contributed by atoms with Crippen molar-refractivity contribution in [2.45, 2.75) is 115 Å². The van der Waals surface area contributed by atoms with Crippen molar-refractivity contribution in [1.82, 2.24) is 20.2 Å². The molecule has 2 heterocycles. The summed E-state index contributed by atoms with van der Waals surface area (Å²) in [6.07, 6.45) is 7.46. The van der Waals surface area contributed by atoms with Gasteiger partial charge in [-0.1, -0.05) is 44.6 Å². The quantitative estimate of drug-likeness (QED) is 0.216. The third-order valence-corrected chi connectivity index (χ3v) is 10.3. The minimum absolute atomic E-state index is 0.0591. The zero-order valence-corrected chi connectivity index (χ0v) is 25.5. The topological polar surface area (TPSA) is 93.1 Å². The molecular weight excluding hydrogens is 569 g/mol. The molecule has 0 spiro atoms. The van der Waals surface area contributed by atoms with Crippen LogP contribution >= 0.6 is 0 Å². The average molecular weight is 611 g/mol. The molecule has 1 aromatic heterocycles. The summed E-state index contributed by atoms with van der Waals surface area (Å²) in [5.41, 5.74) is 0.469. The van der Waals surface area contributed by atoms with Crippen LogP contribution in [0, 0.1) is 28.6 Å². The molecule has 4 aliphatic carbocycles. The molecule has 4 saturated carbocycles. The van der Waals surface area contributed by atoms with Crippen LogP contribution in [0.4, 0.5) is 13.2 Å². The van der Waals surface area contributed by atoms with Crippen LogP contribution in [0.3, 0.4) is 0 Å². The van der Waals surface area contributed by atoms with Gasteiger partial charge in [0.1, 0.15) is 6.04 Å². The van der Waals surface area contributed by atoms with E-state index in [0.717, 1.165) is 38.1 Å². The van der Waals surface area contributed by atoms with Crippen molar-refractivity contribution in [3.05, 3.63) is 39.9 Å². The highest BCUT2D eigenvalue weighted by atomic mass is 19.4. The molecule has 7 rings (SSSR count). The van der Waals surface area contributed by atoms with Gasteiger partial charge in [0, 0.05) is 23.9 Å². The van der Waals surface area contributed by atoms with Crippen LogP contribution in [0.5, 0.6) is 0 Å². The minimum Gasteiger partial charge on any atom is -0.311 e. The van der Waals surface area contributed by atoms with E-state index in [4.69, 9.17) is 0 Å². The van der Waals surface area contributed by atoms with E-state index in [-0.39, 0.29) is 29.3 Å². The Morgan fingerprint density at radius 3 is 2.43 bits per heavy atom. The molecule has 10 heteroatoms.